The summed E-state index contributed by atoms with van der Waals surface area (Å²) in [5.74, 6) is 3.38. The predicted octanol–water partition coefficient (Wildman–Crippen LogP) is 1.72. The lowest BCUT2D eigenvalue weighted by Crippen LogP contribution is -2.17. The van der Waals surface area contributed by atoms with Gasteiger partial charge in [-0.15, -0.1) is 0 Å². The van der Waals surface area contributed by atoms with Crippen molar-refractivity contribution >= 4 is 11.8 Å². The summed E-state index contributed by atoms with van der Waals surface area (Å²) in [6.45, 7) is 0.893. The number of aryl methyl sites for hydroxylation is 1. The van der Waals surface area contributed by atoms with E-state index < -0.39 is 0 Å². The van der Waals surface area contributed by atoms with Gasteiger partial charge in [0, 0.05) is 36.1 Å². The number of thioether (sulfide) groups is 1. The fourth-order valence-electron chi connectivity index (χ4n) is 1.75. The highest BCUT2D eigenvalue weighted by Crippen LogP contribution is 2.28. The van der Waals surface area contributed by atoms with E-state index in [0.29, 0.717) is 0 Å². The molecule has 3 nitrogen and oxygen atoms in total. The molecule has 0 aromatic carbocycles. The normalized spacial score (nSPS) is 20.9. The maximum Gasteiger partial charge on any atom is 0.141 e. The number of hydrogen-bond donors (Lipinski definition) is 1. The fraction of sp³-hybridized carbons (Fsp3) is 0.700. The highest BCUT2D eigenvalue weighted by Gasteiger charge is 2.23. The second-order valence-electron chi connectivity index (χ2n) is 3.99. The Morgan fingerprint density at radius 1 is 1.50 bits per heavy atom. The summed E-state index contributed by atoms with van der Waals surface area (Å²) in [5, 5.41) is 7.62. The van der Waals surface area contributed by atoms with Crippen LogP contribution in [0, 0.1) is 0 Å². The van der Waals surface area contributed by atoms with E-state index in [-0.39, 0.29) is 0 Å². The van der Waals surface area contributed by atoms with Crippen LogP contribution in [0.3, 0.4) is 0 Å². The minimum absolute atomic E-state index is 0.749. The summed E-state index contributed by atoms with van der Waals surface area (Å²) in [6, 6.07) is 0.749. The quantitative estimate of drug-likeness (QED) is 0.824. The van der Waals surface area contributed by atoms with Gasteiger partial charge in [0.05, 0.1) is 0 Å². The van der Waals surface area contributed by atoms with Gasteiger partial charge in [-0.2, -0.15) is 11.8 Å². The Bertz CT molecular complexity index is 333. The van der Waals surface area contributed by atoms with E-state index in [1.165, 1.54) is 24.2 Å². The molecule has 1 N–H and O–H groups in total. The second-order valence-corrected chi connectivity index (χ2v) is 5.09. The minimum atomic E-state index is 0.749. The van der Waals surface area contributed by atoms with Crippen molar-refractivity contribution in [2.45, 2.75) is 37.6 Å². The van der Waals surface area contributed by atoms with Crippen molar-refractivity contribution in [3.63, 3.8) is 0 Å². The zero-order valence-electron chi connectivity index (χ0n) is 8.08. The van der Waals surface area contributed by atoms with Crippen LogP contribution in [0.5, 0.6) is 0 Å². The SMILES string of the molecule is C1Cc2onc(CNC3CC3)c2CS1. The van der Waals surface area contributed by atoms with Gasteiger partial charge in [-0.1, -0.05) is 5.16 Å². The van der Waals surface area contributed by atoms with E-state index in [2.05, 4.69) is 10.5 Å². The van der Waals surface area contributed by atoms with E-state index >= 15 is 0 Å². The van der Waals surface area contributed by atoms with E-state index in [0.717, 1.165) is 36.2 Å². The van der Waals surface area contributed by atoms with E-state index in [1.807, 2.05) is 11.8 Å². The van der Waals surface area contributed by atoms with Gasteiger partial charge in [-0.3, -0.25) is 0 Å². The fourth-order valence-corrected chi connectivity index (χ4v) is 2.75. The minimum Gasteiger partial charge on any atom is -0.361 e. The Balaban J connectivity index is 1.72. The molecule has 2 aliphatic rings. The van der Waals surface area contributed by atoms with Gasteiger partial charge in [0.1, 0.15) is 11.5 Å². The summed E-state index contributed by atoms with van der Waals surface area (Å²) >= 11 is 1.98. The summed E-state index contributed by atoms with van der Waals surface area (Å²) in [6.07, 6.45) is 3.71. The largest absolute Gasteiger partial charge is 0.361 e. The Hall–Kier alpha value is -0.480. The molecule has 1 aliphatic heterocycles. The first-order chi connectivity index (χ1) is 6.93. The van der Waals surface area contributed by atoms with Crippen LogP contribution in [-0.4, -0.2) is 17.0 Å². The molecule has 1 aromatic heterocycles. The second kappa shape index (κ2) is 3.59. The monoisotopic (exact) mass is 210 g/mol. The Morgan fingerprint density at radius 2 is 2.43 bits per heavy atom. The van der Waals surface area contributed by atoms with Crippen molar-refractivity contribution in [2.75, 3.05) is 5.75 Å². The number of fused-ring (bicyclic) bond motifs is 1. The molecule has 1 aliphatic carbocycles. The molecule has 1 aromatic rings. The van der Waals surface area contributed by atoms with E-state index in [9.17, 15) is 0 Å². The topological polar surface area (TPSA) is 38.1 Å². The molecule has 0 saturated heterocycles. The van der Waals surface area contributed by atoms with Crippen molar-refractivity contribution < 1.29 is 4.52 Å². The maximum atomic E-state index is 5.34. The highest BCUT2D eigenvalue weighted by molar-refractivity contribution is 7.98. The van der Waals surface area contributed by atoms with Crippen molar-refractivity contribution in [3.05, 3.63) is 17.0 Å². The molecule has 14 heavy (non-hydrogen) atoms. The van der Waals surface area contributed by atoms with Crippen LogP contribution in [0.15, 0.2) is 4.52 Å². The van der Waals surface area contributed by atoms with E-state index in [4.69, 9.17) is 4.52 Å². The lowest BCUT2D eigenvalue weighted by Gasteiger charge is -2.09. The molecule has 3 rings (SSSR count). The number of hydrogen-bond acceptors (Lipinski definition) is 4. The van der Waals surface area contributed by atoms with Gasteiger partial charge in [0.15, 0.2) is 0 Å². The third-order valence-electron chi connectivity index (χ3n) is 2.81. The molecule has 0 amide bonds. The molecular formula is C10H14N2OS. The number of nitrogens with one attached hydrogen (secondary N) is 1. The molecule has 0 unspecified atom stereocenters. The summed E-state index contributed by atoms with van der Waals surface area (Å²) < 4.78 is 5.34. The number of nitrogens with zero attached hydrogens (tertiary/aromatic N) is 1. The average molecular weight is 210 g/mol. The zero-order valence-corrected chi connectivity index (χ0v) is 8.90. The third-order valence-corrected chi connectivity index (χ3v) is 3.79. The van der Waals surface area contributed by atoms with Crippen molar-refractivity contribution in [1.82, 2.24) is 10.5 Å². The zero-order chi connectivity index (χ0) is 9.38. The van der Waals surface area contributed by atoms with Crippen LogP contribution >= 0.6 is 11.8 Å². The standard InChI is InChI=1S/C10H14N2OS/c1-2-7(1)11-5-9-8-6-14-4-3-10(8)13-12-9/h7,11H,1-6H2. The van der Waals surface area contributed by atoms with Gasteiger partial charge in [-0.25, -0.2) is 0 Å². The van der Waals surface area contributed by atoms with Gasteiger partial charge in [-0.05, 0) is 12.8 Å². The Kier molecular flexibility index (Phi) is 2.25. The molecule has 0 bridgehead atoms. The number of rotatable bonds is 3. The molecule has 4 heteroatoms. The van der Waals surface area contributed by atoms with Gasteiger partial charge in [0.25, 0.3) is 0 Å². The molecular weight excluding hydrogens is 196 g/mol. The Labute approximate surface area is 87.6 Å². The molecule has 2 heterocycles. The summed E-state index contributed by atoms with van der Waals surface area (Å²) in [4.78, 5) is 0. The van der Waals surface area contributed by atoms with Crippen LogP contribution in [0.1, 0.15) is 29.9 Å². The first kappa shape index (κ1) is 8.80. The predicted molar refractivity (Wildman–Crippen MR) is 56.2 cm³/mol. The van der Waals surface area contributed by atoms with Crippen LogP contribution in [-0.2, 0) is 18.7 Å². The van der Waals surface area contributed by atoms with Crippen molar-refractivity contribution in [2.24, 2.45) is 0 Å². The van der Waals surface area contributed by atoms with Crippen molar-refractivity contribution in [3.8, 4) is 0 Å². The van der Waals surface area contributed by atoms with E-state index in [1.54, 1.807) is 0 Å². The van der Waals surface area contributed by atoms with Crippen LogP contribution < -0.4 is 5.32 Å². The smallest absolute Gasteiger partial charge is 0.141 e. The molecule has 1 saturated carbocycles. The molecule has 0 radical (unpaired) electrons. The first-order valence-electron chi connectivity index (χ1n) is 5.21. The first-order valence-corrected chi connectivity index (χ1v) is 6.36. The van der Waals surface area contributed by atoms with Crippen LogP contribution in [0.2, 0.25) is 0 Å². The molecule has 0 spiro atoms. The lowest BCUT2D eigenvalue weighted by molar-refractivity contribution is 0.378. The molecule has 0 atom stereocenters. The summed E-state index contributed by atoms with van der Waals surface area (Å²) in [5.41, 5.74) is 2.49. The lowest BCUT2D eigenvalue weighted by atomic mass is 10.1. The van der Waals surface area contributed by atoms with Gasteiger partial charge in [0.2, 0.25) is 0 Å². The maximum absolute atomic E-state index is 5.34. The third kappa shape index (κ3) is 1.68. The summed E-state index contributed by atoms with van der Waals surface area (Å²) in [7, 11) is 0. The van der Waals surface area contributed by atoms with Crippen LogP contribution in [0.25, 0.3) is 0 Å². The molecule has 76 valence electrons. The Morgan fingerprint density at radius 3 is 3.29 bits per heavy atom. The van der Waals surface area contributed by atoms with Gasteiger partial charge < -0.3 is 9.84 Å². The average Bonchev–Trinajstić information content (AvgIpc) is 2.96. The highest BCUT2D eigenvalue weighted by atomic mass is 32.2. The van der Waals surface area contributed by atoms with Gasteiger partial charge >= 0.3 is 0 Å². The van der Waals surface area contributed by atoms with Crippen LogP contribution in [0.4, 0.5) is 0 Å². The molecule has 1 fully saturated rings. The van der Waals surface area contributed by atoms with Crippen molar-refractivity contribution in [1.29, 1.82) is 0 Å². The number of aromatic nitrogens is 1.